The van der Waals surface area contributed by atoms with Crippen molar-refractivity contribution in [3.63, 3.8) is 0 Å². The van der Waals surface area contributed by atoms with Gasteiger partial charge in [0, 0.05) is 17.9 Å². The average Bonchev–Trinajstić information content (AvgIpc) is 3.15. The summed E-state index contributed by atoms with van der Waals surface area (Å²) in [5.41, 5.74) is 5.99. The number of ether oxygens (including phenoxy) is 3. The second-order valence-corrected chi connectivity index (χ2v) is 11.8. The lowest BCUT2D eigenvalue weighted by molar-refractivity contribution is -0.137. The van der Waals surface area contributed by atoms with Crippen molar-refractivity contribution in [2.24, 2.45) is 10.2 Å². The van der Waals surface area contributed by atoms with Gasteiger partial charge in [0.1, 0.15) is 11.5 Å². The van der Waals surface area contributed by atoms with E-state index in [9.17, 15) is 9.59 Å². The zero-order valence-electron chi connectivity index (χ0n) is 28.7. The normalized spacial score (nSPS) is 11.1. The highest BCUT2D eigenvalue weighted by molar-refractivity contribution is 5.94. The van der Waals surface area contributed by atoms with Crippen molar-refractivity contribution in [2.75, 3.05) is 13.2 Å². The number of carbonyl (C=O) groups is 2. The molecule has 0 saturated heterocycles. The van der Waals surface area contributed by atoms with Crippen LogP contribution in [-0.2, 0) is 16.0 Å². The molecule has 8 heteroatoms. The molecule has 50 heavy (non-hydrogen) atoms. The Morgan fingerprint density at radius 3 is 2.12 bits per heavy atom. The first-order valence-electron chi connectivity index (χ1n) is 17.1. The predicted molar refractivity (Wildman–Crippen MR) is 201 cm³/mol. The van der Waals surface area contributed by atoms with Gasteiger partial charge < -0.3 is 19.6 Å². The fourth-order valence-electron chi connectivity index (χ4n) is 5.06. The zero-order chi connectivity index (χ0) is 35.4. The second kappa shape index (κ2) is 20.7. The van der Waals surface area contributed by atoms with E-state index >= 15 is 0 Å². The summed E-state index contributed by atoms with van der Waals surface area (Å²) in [5.74, 6) is 0.137. The second-order valence-electron chi connectivity index (χ2n) is 11.8. The minimum absolute atomic E-state index is 0.365. The minimum atomic E-state index is -0.498. The molecule has 258 valence electrons. The lowest BCUT2D eigenvalue weighted by Crippen LogP contribution is -2.10. The number of aryl methyl sites for hydroxylation is 1. The van der Waals surface area contributed by atoms with Crippen molar-refractivity contribution in [2.45, 2.75) is 58.3 Å². The number of benzene rings is 4. The molecular weight excluding hydrogens is 626 g/mol. The molecule has 0 saturated carbocycles. The molecule has 0 radical (unpaired) electrons. The summed E-state index contributed by atoms with van der Waals surface area (Å²) in [5, 5.41) is 15.8. The van der Waals surface area contributed by atoms with Gasteiger partial charge in [0.25, 0.3) is 0 Å². The van der Waals surface area contributed by atoms with E-state index in [0.717, 1.165) is 54.4 Å². The molecule has 0 spiro atoms. The third-order valence-corrected chi connectivity index (χ3v) is 7.95. The van der Waals surface area contributed by atoms with Gasteiger partial charge >= 0.3 is 11.9 Å². The Bertz CT molecular complexity index is 1740. The number of carbonyl (C=O) groups excluding carboxylic acids is 2. The summed E-state index contributed by atoms with van der Waals surface area (Å²) in [6.45, 7) is 6.53. The Morgan fingerprint density at radius 1 is 0.740 bits per heavy atom. The van der Waals surface area contributed by atoms with E-state index in [-0.39, 0.29) is 0 Å². The maximum Gasteiger partial charge on any atom is 0.343 e. The van der Waals surface area contributed by atoms with Gasteiger partial charge in [-0.1, -0.05) is 80.9 Å². The molecule has 0 fully saturated rings. The summed E-state index contributed by atoms with van der Waals surface area (Å²) < 4.78 is 16.7. The van der Waals surface area contributed by atoms with Crippen LogP contribution in [0, 0.1) is 5.41 Å². The topological polar surface area (TPSA) is 110 Å². The van der Waals surface area contributed by atoms with Gasteiger partial charge in [-0.25, -0.2) is 9.59 Å². The van der Waals surface area contributed by atoms with Crippen molar-refractivity contribution in [1.29, 1.82) is 5.41 Å². The molecule has 0 aliphatic rings. The molecule has 4 aromatic rings. The van der Waals surface area contributed by atoms with Gasteiger partial charge in [-0.15, -0.1) is 0 Å². The molecule has 8 nitrogen and oxygen atoms in total. The standard InChI is InChI=1S/C42H45N3O5/c1-3-5-8-11-32-16-18-35(19-17-32)37-22-25-40(38(28-37)31-45-44-30-34-14-12-33(29-43)13-15-34)50-42(47)36-20-23-39(24-21-36)48-26-9-6-7-10-27-49-41(46)4-2/h4,12-25,28-31,43H,2-3,5-11,26-27H2,1H3/b43-29?,44-30+,45-31+. The minimum Gasteiger partial charge on any atom is -0.494 e. The maximum atomic E-state index is 13.2. The fraction of sp³-hybridized carbons (Fsp3) is 0.262. The number of hydrogen-bond acceptors (Lipinski definition) is 8. The van der Waals surface area contributed by atoms with E-state index < -0.39 is 11.9 Å². The Balaban J connectivity index is 1.40. The highest BCUT2D eigenvalue weighted by Crippen LogP contribution is 2.28. The highest BCUT2D eigenvalue weighted by Gasteiger charge is 2.13. The predicted octanol–water partition coefficient (Wildman–Crippen LogP) is 9.42. The number of nitrogens with zero attached hydrogens (tertiary/aromatic N) is 2. The van der Waals surface area contributed by atoms with E-state index in [0.29, 0.717) is 35.8 Å². The molecule has 0 amide bonds. The van der Waals surface area contributed by atoms with Crippen LogP contribution in [0.2, 0.25) is 0 Å². The molecule has 0 aromatic heterocycles. The zero-order valence-corrected chi connectivity index (χ0v) is 28.7. The molecule has 0 bridgehead atoms. The lowest BCUT2D eigenvalue weighted by atomic mass is 9.99. The Morgan fingerprint density at radius 2 is 1.42 bits per heavy atom. The number of esters is 2. The van der Waals surface area contributed by atoms with Crippen LogP contribution in [0.3, 0.4) is 0 Å². The molecule has 0 atom stereocenters. The molecule has 0 aliphatic heterocycles. The highest BCUT2D eigenvalue weighted by atomic mass is 16.5. The molecule has 1 N–H and O–H groups in total. The van der Waals surface area contributed by atoms with Gasteiger partial charge in [0.2, 0.25) is 0 Å². The first-order valence-corrected chi connectivity index (χ1v) is 17.1. The van der Waals surface area contributed by atoms with Crippen LogP contribution in [0.25, 0.3) is 11.1 Å². The summed E-state index contributed by atoms with van der Waals surface area (Å²) in [6.07, 6.45) is 13.9. The summed E-state index contributed by atoms with van der Waals surface area (Å²) in [7, 11) is 0. The van der Waals surface area contributed by atoms with Crippen molar-refractivity contribution < 1.29 is 23.8 Å². The smallest absolute Gasteiger partial charge is 0.343 e. The van der Waals surface area contributed by atoms with Gasteiger partial charge in [0.05, 0.1) is 31.2 Å². The summed E-state index contributed by atoms with van der Waals surface area (Å²) in [4.78, 5) is 24.3. The Kier molecular flexibility index (Phi) is 15.4. The molecular formula is C42H45N3O5. The third-order valence-electron chi connectivity index (χ3n) is 7.95. The third kappa shape index (κ3) is 12.4. The van der Waals surface area contributed by atoms with E-state index in [1.807, 2.05) is 36.4 Å². The average molecular weight is 672 g/mol. The summed E-state index contributed by atoms with van der Waals surface area (Å²) in [6, 6.07) is 28.5. The van der Waals surface area contributed by atoms with Crippen molar-refractivity contribution in [3.05, 3.63) is 131 Å². The number of nitrogens with one attached hydrogen (secondary N) is 1. The van der Waals surface area contributed by atoms with Gasteiger partial charge in [-0.3, -0.25) is 0 Å². The molecule has 0 unspecified atom stereocenters. The van der Waals surface area contributed by atoms with Crippen molar-refractivity contribution in [3.8, 4) is 22.6 Å². The molecule has 0 heterocycles. The van der Waals surface area contributed by atoms with Gasteiger partial charge in [0.15, 0.2) is 0 Å². The Labute approximate surface area is 295 Å². The van der Waals surface area contributed by atoms with Crippen LogP contribution in [-0.4, -0.2) is 43.8 Å². The largest absolute Gasteiger partial charge is 0.494 e. The van der Waals surface area contributed by atoms with E-state index in [1.54, 1.807) is 42.8 Å². The number of unbranched alkanes of at least 4 members (excludes halogenated alkanes) is 5. The van der Waals surface area contributed by atoms with Crippen LogP contribution in [0.4, 0.5) is 0 Å². The SMILES string of the molecule is C=CC(=O)OCCCCCCOc1ccc(C(=O)Oc2ccc(-c3ccc(CCCCC)cc3)cc2/C=N/N=C/c2ccc(C=N)cc2)cc1. The van der Waals surface area contributed by atoms with E-state index in [2.05, 4.69) is 48.0 Å². The molecule has 4 aromatic carbocycles. The number of hydrogen-bond donors (Lipinski definition) is 1. The van der Waals surface area contributed by atoms with E-state index in [1.165, 1.54) is 37.1 Å². The first kappa shape index (κ1) is 37.2. The Hall–Kier alpha value is -5.63. The van der Waals surface area contributed by atoms with Crippen LogP contribution < -0.4 is 9.47 Å². The van der Waals surface area contributed by atoms with Crippen molar-refractivity contribution >= 4 is 30.6 Å². The van der Waals surface area contributed by atoms with E-state index in [4.69, 9.17) is 19.6 Å². The van der Waals surface area contributed by atoms with Crippen LogP contribution in [0.15, 0.2) is 114 Å². The number of rotatable bonds is 20. The van der Waals surface area contributed by atoms with Crippen molar-refractivity contribution in [1.82, 2.24) is 0 Å². The lowest BCUT2D eigenvalue weighted by Gasteiger charge is -2.11. The quantitative estimate of drug-likeness (QED) is 0.0251. The van der Waals surface area contributed by atoms with Crippen LogP contribution in [0.1, 0.15) is 84.5 Å². The fourth-order valence-corrected chi connectivity index (χ4v) is 5.06. The van der Waals surface area contributed by atoms with Crippen LogP contribution in [0.5, 0.6) is 11.5 Å². The molecule has 0 aliphatic carbocycles. The summed E-state index contributed by atoms with van der Waals surface area (Å²) >= 11 is 0. The maximum absolute atomic E-state index is 13.2. The van der Waals surface area contributed by atoms with Gasteiger partial charge in [-0.05, 0) is 103 Å². The van der Waals surface area contributed by atoms with Crippen LogP contribution >= 0.6 is 0 Å². The first-order chi connectivity index (χ1) is 24.5. The van der Waals surface area contributed by atoms with Gasteiger partial charge in [-0.2, -0.15) is 10.2 Å². The monoisotopic (exact) mass is 671 g/mol. The molecule has 4 rings (SSSR count).